The van der Waals surface area contributed by atoms with E-state index in [4.69, 9.17) is 4.74 Å². The van der Waals surface area contributed by atoms with E-state index >= 15 is 0 Å². The lowest BCUT2D eigenvalue weighted by molar-refractivity contribution is 0.303. The van der Waals surface area contributed by atoms with Crippen LogP contribution >= 0.6 is 11.3 Å². The quantitative estimate of drug-likeness (QED) is 0.906. The summed E-state index contributed by atoms with van der Waals surface area (Å²) in [6.45, 7) is 4.14. The highest BCUT2D eigenvalue weighted by atomic mass is 32.1. The second kappa shape index (κ2) is 5.13. The molecule has 0 unspecified atom stereocenters. The van der Waals surface area contributed by atoms with Gasteiger partial charge >= 0.3 is 0 Å². The third-order valence-corrected chi connectivity index (χ3v) is 3.95. The third-order valence-electron chi connectivity index (χ3n) is 3.27. The van der Waals surface area contributed by atoms with Crippen molar-refractivity contribution < 1.29 is 4.74 Å². The SMILES string of the molecule is COC1=CC(c2ccsc2)=N/C1=C/c1[nH]c(C)cc1C. The zero-order chi connectivity index (χ0) is 14.1. The molecule has 0 atom stereocenters. The number of hydrogen-bond donors (Lipinski definition) is 1. The minimum absolute atomic E-state index is 0.804. The molecule has 4 heteroatoms. The van der Waals surface area contributed by atoms with Crippen LogP contribution in [0.2, 0.25) is 0 Å². The average Bonchev–Trinajstić information content (AvgIpc) is 3.11. The Bertz CT molecular complexity index is 718. The van der Waals surface area contributed by atoms with E-state index in [1.54, 1.807) is 18.4 Å². The first-order valence-electron chi connectivity index (χ1n) is 6.42. The Morgan fingerprint density at radius 2 is 2.20 bits per heavy atom. The molecule has 0 amide bonds. The lowest BCUT2D eigenvalue weighted by Crippen LogP contribution is -1.89. The Balaban J connectivity index is 2.01. The molecule has 0 aromatic carbocycles. The number of nitrogens with zero attached hydrogens (tertiary/aromatic N) is 1. The van der Waals surface area contributed by atoms with Crippen molar-refractivity contribution in [1.29, 1.82) is 0 Å². The maximum Gasteiger partial charge on any atom is 0.146 e. The first kappa shape index (κ1) is 12.9. The van der Waals surface area contributed by atoms with Crippen LogP contribution < -0.4 is 0 Å². The number of rotatable bonds is 3. The van der Waals surface area contributed by atoms with Gasteiger partial charge < -0.3 is 9.72 Å². The third kappa shape index (κ3) is 2.34. The molecule has 3 rings (SSSR count). The van der Waals surface area contributed by atoms with Crippen LogP contribution in [0.3, 0.4) is 0 Å². The molecule has 2 aromatic heterocycles. The van der Waals surface area contributed by atoms with Gasteiger partial charge in [-0.2, -0.15) is 11.3 Å². The Hall–Kier alpha value is -2.07. The topological polar surface area (TPSA) is 37.4 Å². The number of allylic oxidation sites excluding steroid dienone is 1. The van der Waals surface area contributed by atoms with Crippen LogP contribution in [0.1, 0.15) is 22.5 Å². The minimum atomic E-state index is 0.804. The first-order valence-corrected chi connectivity index (χ1v) is 7.37. The van der Waals surface area contributed by atoms with Gasteiger partial charge in [0.05, 0.1) is 12.8 Å². The molecule has 0 aliphatic carbocycles. The highest BCUT2D eigenvalue weighted by Gasteiger charge is 2.17. The number of thiophene rings is 1. The molecule has 3 nitrogen and oxygen atoms in total. The number of ether oxygens (including phenoxy) is 1. The van der Waals surface area contributed by atoms with Crippen LogP contribution in [-0.4, -0.2) is 17.8 Å². The second-order valence-electron chi connectivity index (χ2n) is 4.80. The number of aromatic nitrogens is 1. The van der Waals surface area contributed by atoms with E-state index in [1.807, 2.05) is 12.2 Å². The Morgan fingerprint density at radius 3 is 2.80 bits per heavy atom. The van der Waals surface area contributed by atoms with E-state index in [0.717, 1.165) is 34.1 Å². The Kier molecular flexibility index (Phi) is 3.32. The van der Waals surface area contributed by atoms with Gasteiger partial charge in [-0.3, -0.25) is 0 Å². The number of nitrogens with one attached hydrogen (secondary N) is 1. The smallest absolute Gasteiger partial charge is 0.146 e. The summed E-state index contributed by atoms with van der Waals surface area (Å²) in [5.41, 5.74) is 6.39. The summed E-state index contributed by atoms with van der Waals surface area (Å²) in [7, 11) is 1.68. The zero-order valence-electron chi connectivity index (χ0n) is 11.7. The van der Waals surface area contributed by atoms with Gasteiger partial charge in [-0.05, 0) is 43.0 Å². The zero-order valence-corrected chi connectivity index (χ0v) is 12.5. The second-order valence-corrected chi connectivity index (χ2v) is 5.58. The van der Waals surface area contributed by atoms with E-state index in [9.17, 15) is 0 Å². The van der Waals surface area contributed by atoms with Gasteiger partial charge in [0.25, 0.3) is 0 Å². The molecule has 0 radical (unpaired) electrons. The highest BCUT2D eigenvalue weighted by Crippen LogP contribution is 2.26. The van der Waals surface area contributed by atoms with Crippen molar-refractivity contribution in [3.8, 4) is 0 Å². The van der Waals surface area contributed by atoms with Crippen molar-refractivity contribution in [2.24, 2.45) is 4.99 Å². The molecule has 1 N–H and O–H groups in total. The predicted octanol–water partition coefficient (Wildman–Crippen LogP) is 4.07. The lowest BCUT2D eigenvalue weighted by atomic mass is 10.2. The predicted molar refractivity (Wildman–Crippen MR) is 84.2 cm³/mol. The fraction of sp³-hybridized carbons (Fsp3) is 0.188. The fourth-order valence-electron chi connectivity index (χ4n) is 2.28. The molecule has 20 heavy (non-hydrogen) atoms. The summed E-state index contributed by atoms with van der Waals surface area (Å²) >= 11 is 1.67. The number of aryl methyl sites for hydroxylation is 2. The molecular formula is C16H16N2OS. The van der Waals surface area contributed by atoms with Crippen LogP contribution in [0.5, 0.6) is 0 Å². The van der Waals surface area contributed by atoms with Crippen molar-refractivity contribution in [3.63, 3.8) is 0 Å². The number of methoxy groups -OCH3 is 1. The molecule has 0 spiro atoms. The van der Waals surface area contributed by atoms with Crippen LogP contribution in [-0.2, 0) is 4.74 Å². The van der Waals surface area contributed by atoms with Crippen molar-refractivity contribution in [1.82, 2.24) is 4.98 Å². The Labute approximate surface area is 122 Å². The number of H-pyrrole nitrogens is 1. The van der Waals surface area contributed by atoms with Crippen LogP contribution in [0, 0.1) is 13.8 Å². The van der Waals surface area contributed by atoms with Gasteiger partial charge in [0.2, 0.25) is 0 Å². The van der Waals surface area contributed by atoms with E-state index in [2.05, 4.69) is 46.7 Å². The summed E-state index contributed by atoms with van der Waals surface area (Å²) in [4.78, 5) is 8.01. The summed E-state index contributed by atoms with van der Waals surface area (Å²) < 4.78 is 5.44. The fourth-order valence-corrected chi connectivity index (χ4v) is 2.93. The van der Waals surface area contributed by atoms with Crippen LogP contribution in [0.25, 0.3) is 6.08 Å². The van der Waals surface area contributed by atoms with Crippen molar-refractivity contribution in [2.45, 2.75) is 13.8 Å². The molecule has 0 saturated heterocycles. The molecular weight excluding hydrogens is 268 g/mol. The molecule has 0 fully saturated rings. The summed E-state index contributed by atoms with van der Waals surface area (Å²) in [5, 5.41) is 4.15. The van der Waals surface area contributed by atoms with E-state index in [1.165, 1.54) is 5.56 Å². The summed E-state index contributed by atoms with van der Waals surface area (Å²) in [6.07, 6.45) is 4.02. The highest BCUT2D eigenvalue weighted by molar-refractivity contribution is 7.08. The minimum Gasteiger partial charge on any atom is -0.494 e. The maximum atomic E-state index is 5.44. The monoisotopic (exact) mass is 284 g/mol. The van der Waals surface area contributed by atoms with Crippen molar-refractivity contribution in [3.05, 3.63) is 62.9 Å². The molecule has 102 valence electrons. The summed E-state index contributed by atoms with van der Waals surface area (Å²) in [5.74, 6) is 0.804. The molecule has 2 aromatic rings. The largest absolute Gasteiger partial charge is 0.494 e. The van der Waals surface area contributed by atoms with Gasteiger partial charge in [0, 0.05) is 28.4 Å². The lowest BCUT2D eigenvalue weighted by Gasteiger charge is -2.01. The molecule has 1 aliphatic rings. The molecule has 0 saturated carbocycles. The van der Waals surface area contributed by atoms with Crippen molar-refractivity contribution >= 4 is 23.1 Å². The van der Waals surface area contributed by atoms with E-state index in [-0.39, 0.29) is 0 Å². The van der Waals surface area contributed by atoms with Gasteiger partial charge in [0.1, 0.15) is 11.5 Å². The average molecular weight is 284 g/mol. The van der Waals surface area contributed by atoms with Gasteiger partial charge in [-0.1, -0.05) is 0 Å². The first-order chi connectivity index (χ1) is 9.67. The van der Waals surface area contributed by atoms with E-state index < -0.39 is 0 Å². The van der Waals surface area contributed by atoms with Gasteiger partial charge in [-0.25, -0.2) is 4.99 Å². The Morgan fingerprint density at radius 1 is 1.35 bits per heavy atom. The van der Waals surface area contributed by atoms with Gasteiger partial charge in [0.15, 0.2) is 0 Å². The van der Waals surface area contributed by atoms with Crippen molar-refractivity contribution in [2.75, 3.05) is 7.11 Å². The maximum absolute atomic E-state index is 5.44. The normalized spacial score (nSPS) is 16.4. The molecule has 1 aliphatic heterocycles. The van der Waals surface area contributed by atoms with Crippen LogP contribution in [0.4, 0.5) is 0 Å². The number of aromatic amines is 1. The summed E-state index contributed by atoms with van der Waals surface area (Å²) in [6, 6.07) is 4.20. The van der Waals surface area contributed by atoms with Gasteiger partial charge in [-0.15, -0.1) is 0 Å². The van der Waals surface area contributed by atoms with Crippen LogP contribution in [0.15, 0.2) is 45.4 Å². The standard InChI is InChI=1S/C16H16N2OS/c1-10-6-11(2)17-13(10)7-15-16(19-3)8-14(18-15)12-4-5-20-9-12/h4-9,17H,1-3H3/b15-7+. The molecule has 3 heterocycles. The number of aliphatic imine (C=N–C) groups is 1. The molecule has 0 bridgehead atoms. The number of hydrogen-bond acceptors (Lipinski definition) is 3. The van der Waals surface area contributed by atoms with E-state index in [0.29, 0.717) is 0 Å².